The molecule has 23 heavy (non-hydrogen) atoms. The molecule has 0 atom stereocenters. The highest BCUT2D eigenvalue weighted by Gasteiger charge is 2.09. The summed E-state index contributed by atoms with van der Waals surface area (Å²) in [4.78, 5) is 9.92. The normalized spacial score (nSPS) is 10.7. The average molecular weight is 323 g/mol. The van der Waals surface area contributed by atoms with Gasteiger partial charge in [-0.1, -0.05) is 30.8 Å². The standard InChI is InChI=1S/C18H17N3OS/c1-2-12-3-9-15(10-4-12)23-18-17(19)20-11-16(21-18)13-5-7-14(22)8-6-13/h3-11,22H,2H2,1H3,(H2,19,20). The monoisotopic (exact) mass is 323 g/mol. The van der Waals surface area contributed by atoms with Crippen LogP contribution < -0.4 is 5.73 Å². The number of nitrogens with zero attached hydrogens (tertiary/aromatic N) is 2. The van der Waals surface area contributed by atoms with Crippen molar-refractivity contribution in [2.45, 2.75) is 23.3 Å². The number of aryl methyl sites for hydroxylation is 1. The Hall–Kier alpha value is -2.53. The van der Waals surface area contributed by atoms with Crippen LogP contribution in [0.4, 0.5) is 5.82 Å². The van der Waals surface area contributed by atoms with Crippen LogP contribution in [0.2, 0.25) is 0 Å². The Balaban J connectivity index is 1.89. The number of hydrogen-bond donors (Lipinski definition) is 2. The van der Waals surface area contributed by atoms with Crippen LogP contribution in [-0.4, -0.2) is 15.1 Å². The minimum absolute atomic E-state index is 0.225. The van der Waals surface area contributed by atoms with Gasteiger partial charge in [0.05, 0.1) is 11.9 Å². The van der Waals surface area contributed by atoms with E-state index in [9.17, 15) is 5.11 Å². The number of nitrogens with two attached hydrogens (primary N) is 1. The van der Waals surface area contributed by atoms with Crippen LogP contribution in [0.5, 0.6) is 5.75 Å². The maximum Gasteiger partial charge on any atom is 0.156 e. The predicted molar refractivity (Wildman–Crippen MR) is 93.5 cm³/mol. The molecule has 0 aliphatic rings. The lowest BCUT2D eigenvalue weighted by molar-refractivity contribution is 0.475. The lowest BCUT2D eigenvalue weighted by Crippen LogP contribution is -1.97. The van der Waals surface area contributed by atoms with Gasteiger partial charge in [0, 0.05) is 10.5 Å². The first-order valence-corrected chi connectivity index (χ1v) is 8.16. The first-order valence-electron chi connectivity index (χ1n) is 7.34. The third-order valence-electron chi connectivity index (χ3n) is 3.48. The summed E-state index contributed by atoms with van der Waals surface area (Å²) >= 11 is 1.50. The number of hydrogen-bond acceptors (Lipinski definition) is 5. The Bertz CT molecular complexity index is 802. The molecule has 1 aromatic heterocycles. The van der Waals surface area contributed by atoms with Crippen molar-refractivity contribution >= 4 is 17.6 Å². The Kier molecular flexibility index (Phi) is 4.48. The molecule has 0 fully saturated rings. The summed E-state index contributed by atoms with van der Waals surface area (Å²) in [6, 6.07) is 15.2. The lowest BCUT2D eigenvalue weighted by Gasteiger charge is -2.07. The quantitative estimate of drug-likeness (QED) is 0.755. The summed E-state index contributed by atoms with van der Waals surface area (Å²) < 4.78 is 0. The van der Waals surface area contributed by atoms with Crippen molar-refractivity contribution in [2.24, 2.45) is 0 Å². The van der Waals surface area contributed by atoms with E-state index in [1.807, 2.05) is 0 Å². The fourth-order valence-electron chi connectivity index (χ4n) is 2.13. The first-order chi connectivity index (χ1) is 11.2. The molecule has 0 aliphatic heterocycles. The van der Waals surface area contributed by atoms with Crippen LogP contribution in [0.15, 0.2) is 64.6 Å². The van der Waals surface area contributed by atoms with Gasteiger partial charge in [0.25, 0.3) is 0 Å². The van der Waals surface area contributed by atoms with Crippen molar-refractivity contribution in [1.82, 2.24) is 9.97 Å². The fraction of sp³-hybridized carbons (Fsp3) is 0.111. The van der Waals surface area contributed by atoms with Crippen LogP contribution in [0.1, 0.15) is 12.5 Å². The van der Waals surface area contributed by atoms with E-state index in [0.29, 0.717) is 10.8 Å². The van der Waals surface area contributed by atoms with Gasteiger partial charge in [-0.3, -0.25) is 0 Å². The van der Waals surface area contributed by atoms with E-state index in [-0.39, 0.29) is 5.75 Å². The Morgan fingerprint density at radius 2 is 1.74 bits per heavy atom. The topological polar surface area (TPSA) is 72.0 Å². The van der Waals surface area contributed by atoms with Crippen LogP contribution in [0.3, 0.4) is 0 Å². The minimum atomic E-state index is 0.225. The minimum Gasteiger partial charge on any atom is -0.508 e. The summed E-state index contributed by atoms with van der Waals surface area (Å²) in [5.74, 6) is 0.639. The van der Waals surface area contributed by atoms with E-state index in [2.05, 4.69) is 41.2 Å². The number of aromatic nitrogens is 2. The van der Waals surface area contributed by atoms with Gasteiger partial charge in [-0.05, 0) is 48.4 Å². The number of rotatable bonds is 4. The molecule has 3 aromatic rings. The second kappa shape index (κ2) is 6.71. The number of anilines is 1. The first kappa shape index (κ1) is 15.4. The molecule has 0 radical (unpaired) electrons. The van der Waals surface area contributed by atoms with E-state index in [1.54, 1.807) is 30.5 Å². The van der Waals surface area contributed by atoms with Crippen LogP contribution in [0, 0.1) is 0 Å². The van der Waals surface area contributed by atoms with Gasteiger partial charge in [-0.15, -0.1) is 0 Å². The zero-order chi connectivity index (χ0) is 16.2. The van der Waals surface area contributed by atoms with E-state index in [4.69, 9.17) is 5.73 Å². The van der Waals surface area contributed by atoms with Crippen LogP contribution in [-0.2, 0) is 6.42 Å². The maximum absolute atomic E-state index is 9.38. The average Bonchev–Trinajstić information content (AvgIpc) is 2.58. The van der Waals surface area contributed by atoms with Crippen molar-refractivity contribution in [2.75, 3.05) is 5.73 Å². The van der Waals surface area contributed by atoms with Gasteiger partial charge in [0.1, 0.15) is 10.8 Å². The molecule has 3 N–H and O–H groups in total. The summed E-state index contributed by atoms with van der Waals surface area (Å²) in [6.45, 7) is 2.13. The molecule has 0 aliphatic carbocycles. The highest BCUT2D eigenvalue weighted by Crippen LogP contribution is 2.31. The Morgan fingerprint density at radius 3 is 2.39 bits per heavy atom. The number of phenolic OH excluding ortho intramolecular Hbond substituents is 1. The van der Waals surface area contributed by atoms with Crippen molar-refractivity contribution in [3.8, 4) is 17.0 Å². The third kappa shape index (κ3) is 3.63. The van der Waals surface area contributed by atoms with Crippen LogP contribution >= 0.6 is 11.8 Å². The Morgan fingerprint density at radius 1 is 1.04 bits per heavy atom. The van der Waals surface area contributed by atoms with Gasteiger partial charge in [-0.2, -0.15) is 0 Å². The van der Waals surface area contributed by atoms with Crippen LogP contribution in [0.25, 0.3) is 11.3 Å². The van der Waals surface area contributed by atoms with Gasteiger partial charge >= 0.3 is 0 Å². The van der Waals surface area contributed by atoms with Gasteiger partial charge in [0.2, 0.25) is 0 Å². The van der Waals surface area contributed by atoms with Crippen molar-refractivity contribution in [3.63, 3.8) is 0 Å². The molecule has 5 heteroatoms. The summed E-state index contributed by atoms with van der Waals surface area (Å²) in [5.41, 5.74) is 8.87. The lowest BCUT2D eigenvalue weighted by atomic mass is 10.1. The molecule has 2 aromatic carbocycles. The molecule has 4 nitrogen and oxygen atoms in total. The molecule has 0 saturated heterocycles. The third-order valence-corrected chi connectivity index (χ3v) is 4.48. The molecule has 0 spiro atoms. The molecule has 3 rings (SSSR count). The zero-order valence-corrected chi connectivity index (χ0v) is 13.5. The summed E-state index contributed by atoms with van der Waals surface area (Å²) in [7, 11) is 0. The fourth-order valence-corrected chi connectivity index (χ4v) is 2.93. The second-order valence-electron chi connectivity index (χ2n) is 5.09. The predicted octanol–water partition coefficient (Wildman–Crippen LogP) is 4.15. The van der Waals surface area contributed by atoms with E-state index >= 15 is 0 Å². The van der Waals surface area contributed by atoms with E-state index < -0.39 is 0 Å². The van der Waals surface area contributed by atoms with E-state index in [0.717, 1.165) is 22.6 Å². The summed E-state index contributed by atoms with van der Waals surface area (Å²) in [5, 5.41) is 10.1. The molecule has 0 amide bonds. The van der Waals surface area contributed by atoms with Gasteiger partial charge in [0.15, 0.2) is 5.82 Å². The molecular weight excluding hydrogens is 306 g/mol. The second-order valence-corrected chi connectivity index (χ2v) is 6.15. The highest BCUT2D eigenvalue weighted by atomic mass is 32.2. The number of phenols is 1. The number of benzene rings is 2. The maximum atomic E-state index is 9.38. The SMILES string of the molecule is CCc1ccc(Sc2nc(-c3ccc(O)cc3)cnc2N)cc1. The van der Waals surface area contributed by atoms with Crippen molar-refractivity contribution in [1.29, 1.82) is 0 Å². The van der Waals surface area contributed by atoms with Crippen molar-refractivity contribution in [3.05, 3.63) is 60.3 Å². The smallest absolute Gasteiger partial charge is 0.156 e. The van der Waals surface area contributed by atoms with E-state index in [1.165, 1.54) is 17.3 Å². The molecule has 116 valence electrons. The molecular formula is C18H17N3OS. The largest absolute Gasteiger partial charge is 0.508 e. The molecule has 1 heterocycles. The molecule has 0 unspecified atom stereocenters. The molecule has 0 saturated carbocycles. The Labute approximate surface area is 139 Å². The van der Waals surface area contributed by atoms with Gasteiger partial charge < -0.3 is 10.8 Å². The summed E-state index contributed by atoms with van der Waals surface area (Å²) in [6.07, 6.45) is 2.66. The molecule has 0 bridgehead atoms. The van der Waals surface area contributed by atoms with Gasteiger partial charge in [-0.25, -0.2) is 9.97 Å². The highest BCUT2D eigenvalue weighted by molar-refractivity contribution is 7.99. The number of aromatic hydroxyl groups is 1. The number of nitrogen functional groups attached to an aromatic ring is 1. The zero-order valence-electron chi connectivity index (χ0n) is 12.7. The van der Waals surface area contributed by atoms with Crippen molar-refractivity contribution < 1.29 is 5.11 Å².